The number of β-amino-alcohol motifs (C(OH)–C–C–N with tert-alkyl or cyclic N) is 1. The molecular formula is C18H24N2OS. The summed E-state index contributed by atoms with van der Waals surface area (Å²) in [4.78, 5) is 3.71. The normalized spacial score (nSPS) is 16.5. The van der Waals surface area contributed by atoms with Crippen LogP contribution < -0.4 is 5.32 Å². The van der Waals surface area contributed by atoms with Crippen LogP contribution in [0.3, 0.4) is 0 Å². The quantitative estimate of drug-likeness (QED) is 0.860. The molecule has 0 saturated carbocycles. The van der Waals surface area contributed by atoms with Crippen molar-refractivity contribution in [3.05, 3.63) is 57.3 Å². The zero-order chi connectivity index (χ0) is 15.4. The molecule has 118 valence electrons. The van der Waals surface area contributed by atoms with Crippen molar-refractivity contribution >= 4 is 11.3 Å². The van der Waals surface area contributed by atoms with Gasteiger partial charge in [-0.25, -0.2) is 0 Å². The molecule has 1 aromatic carbocycles. The van der Waals surface area contributed by atoms with E-state index in [-0.39, 0.29) is 6.10 Å². The number of hydrogen-bond acceptors (Lipinski definition) is 4. The van der Waals surface area contributed by atoms with Gasteiger partial charge in [-0.05, 0) is 41.5 Å². The lowest BCUT2D eigenvalue weighted by atomic mass is 10.00. The lowest BCUT2D eigenvalue weighted by molar-refractivity contribution is 0.104. The molecule has 0 radical (unpaired) electrons. The molecule has 2 N–H and O–H groups in total. The molecule has 0 bridgehead atoms. The second-order valence-corrected chi connectivity index (χ2v) is 7.07. The molecule has 0 aliphatic carbocycles. The SMILES string of the molecule is Cc1ccsc1CNCC(O)CN1CCc2ccccc2C1. The number of benzene rings is 1. The minimum atomic E-state index is -0.314. The van der Waals surface area contributed by atoms with E-state index in [4.69, 9.17) is 0 Å². The Labute approximate surface area is 136 Å². The number of aliphatic hydroxyl groups excluding tert-OH is 1. The first-order valence-corrected chi connectivity index (χ1v) is 8.81. The van der Waals surface area contributed by atoms with E-state index >= 15 is 0 Å². The molecule has 2 heterocycles. The van der Waals surface area contributed by atoms with Crippen molar-refractivity contribution in [3.63, 3.8) is 0 Å². The lowest BCUT2D eigenvalue weighted by Crippen LogP contribution is -2.40. The van der Waals surface area contributed by atoms with E-state index in [0.717, 1.165) is 32.6 Å². The number of aliphatic hydroxyl groups is 1. The number of fused-ring (bicyclic) bond motifs is 1. The highest BCUT2D eigenvalue weighted by atomic mass is 32.1. The molecule has 1 aliphatic heterocycles. The first kappa shape index (κ1) is 15.7. The van der Waals surface area contributed by atoms with E-state index in [2.05, 4.69) is 52.9 Å². The fourth-order valence-corrected chi connectivity index (χ4v) is 3.89. The molecule has 1 atom stereocenters. The Morgan fingerprint density at radius 1 is 1.27 bits per heavy atom. The Morgan fingerprint density at radius 3 is 2.86 bits per heavy atom. The van der Waals surface area contributed by atoms with Crippen molar-refractivity contribution in [1.82, 2.24) is 10.2 Å². The van der Waals surface area contributed by atoms with Gasteiger partial charge < -0.3 is 10.4 Å². The fraction of sp³-hybridized carbons (Fsp3) is 0.444. The van der Waals surface area contributed by atoms with Crippen LogP contribution in [0.1, 0.15) is 21.6 Å². The Bertz CT molecular complexity index is 611. The molecule has 4 heteroatoms. The topological polar surface area (TPSA) is 35.5 Å². The Hall–Kier alpha value is -1.20. The Kier molecular flexibility index (Phi) is 5.26. The first-order valence-electron chi connectivity index (χ1n) is 7.93. The second kappa shape index (κ2) is 7.38. The van der Waals surface area contributed by atoms with Gasteiger partial charge in [-0.2, -0.15) is 0 Å². The predicted octanol–water partition coefficient (Wildman–Crippen LogP) is 2.57. The lowest BCUT2D eigenvalue weighted by Gasteiger charge is -2.30. The summed E-state index contributed by atoms with van der Waals surface area (Å²) in [6, 6.07) is 10.8. The number of aryl methyl sites for hydroxylation is 1. The van der Waals surface area contributed by atoms with Crippen LogP contribution in [0.25, 0.3) is 0 Å². The summed E-state index contributed by atoms with van der Waals surface area (Å²) in [5, 5.41) is 15.7. The summed E-state index contributed by atoms with van der Waals surface area (Å²) in [6.45, 7) is 6.37. The highest BCUT2D eigenvalue weighted by Crippen LogP contribution is 2.18. The summed E-state index contributed by atoms with van der Waals surface area (Å²) < 4.78 is 0. The average Bonchev–Trinajstić information content (AvgIpc) is 2.92. The summed E-state index contributed by atoms with van der Waals surface area (Å²) in [7, 11) is 0. The molecule has 1 aliphatic rings. The molecule has 3 nitrogen and oxygen atoms in total. The minimum Gasteiger partial charge on any atom is -0.390 e. The monoisotopic (exact) mass is 316 g/mol. The van der Waals surface area contributed by atoms with Gasteiger partial charge in [-0.1, -0.05) is 24.3 Å². The Morgan fingerprint density at radius 2 is 2.09 bits per heavy atom. The maximum atomic E-state index is 10.2. The molecule has 3 rings (SSSR count). The van der Waals surface area contributed by atoms with Gasteiger partial charge in [-0.15, -0.1) is 11.3 Å². The zero-order valence-electron chi connectivity index (χ0n) is 13.1. The van der Waals surface area contributed by atoms with Gasteiger partial charge in [0.05, 0.1) is 6.10 Å². The van der Waals surface area contributed by atoms with Crippen LogP contribution in [-0.2, 0) is 19.5 Å². The second-order valence-electron chi connectivity index (χ2n) is 6.07. The third kappa shape index (κ3) is 3.96. The van der Waals surface area contributed by atoms with Crippen LogP contribution >= 0.6 is 11.3 Å². The van der Waals surface area contributed by atoms with E-state index in [1.807, 2.05) is 0 Å². The van der Waals surface area contributed by atoms with Crippen molar-refractivity contribution < 1.29 is 5.11 Å². The van der Waals surface area contributed by atoms with E-state index in [1.54, 1.807) is 11.3 Å². The summed E-state index contributed by atoms with van der Waals surface area (Å²) >= 11 is 1.77. The first-order chi connectivity index (χ1) is 10.7. The van der Waals surface area contributed by atoms with Crippen LogP contribution in [0.4, 0.5) is 0 Å². The van der Waals surface area contributed by atoms with Crippen molar-refractivity contribution in [3.8, 4) is 0 Å². The molecule has 0 saturated heterocycles. The van der Waals surface area contributed by atoms with E-state index in [9.17, 15) is 5.11 Å². The number of hydrogen-bond donors (Lipinski definition) is 2. The third-order valence-corrected chi connectivity index (χ3v) is 5.34. The van der Waals surface area contributed by atoms with E-state index < -0.39 is 0 Å². The smallest absolute Gasteiger partial charge is 0.0791 e. The van der Waals surface area contributed by atoms with Gasteiger partial charge in [0.25, 0.3) is 0 Å². The molecule has 2 aromatic rings. The molecule has 22 heavy (non-hydrogen) atoms. The summed E-state index contributed by atoms with van der Waals surface area (Å²) in [5.41, 5.74) is 4.20. The summed E-state index contributed by atoms with van der Waals surface area (Å²) in [6.07, 6.45) is 0.774. The van der Waals surface area contributed by atoms with Crippen molar-refractivity contribution in [1.29, 1.82) is 0 Å². The van der Waals surface area contributed by atoms with Crippen LogP contribution in [-0.4, -0.2) is 35.7 Å². The van der Waals surface area contributed by atoms with Crippen LogP contribution in [0.2, 0.25) is 0 Å². The molecular weight excluding hydrogens is 292 g/mol. The van der Waals surface area contributed by atoms with Crippen molar-refractivity contribution in [2.24, 2.45) is 0 Å². The maximum Gasteiger partial charge on any atom is 0.0791 e. The van der Waals surface area contributed by atoms with Crippen LogP contribution in [0.15, 0.2) is 35.7 Å². The standard InChI is InChI=1S/C18H24N2OS/c1-14-7-9-22-18(14)11-19-10-17(21)13-20-8-6-15-4-2-3-5-16(15)12-20/h2-5,7,9,17,19,21H,6,8,10-13H2,1H3. The molecule has 0 amide bonds. The van der Waals surface area contributed by atoms with Gasteiger partial charge in [0, 0.05) is 37.6 Å². The number of rotatable bonds is 6. The number of nitrogens with zero attached hydrogens (tertiary/aromatic N) is 1. The third-order valence-electron chi connectivity index (χ3n) is 4.31. The van der Waals surface area contributed by atoms with Gasteiger partial charge >= 0.3 is 0 Å². The van der Waals surface area contributed by atoms with Gasteiger partial charge in [0.1, 0.15) is 0 Å². The van der Waals surface area contributed by atoms with Gasteiger partial charge in [0.15, 0.2) is 0 Å². The van der Waals surface area contributed by atoms with E-state index in [1.165, 1.54) is 21.6 Å². The number of nitrogens with one attached hydrogen (secondary N) is 1. The Balaban J connectivity index is 1.43. The zero-order valence-corrected chi connectivity index (χ0v) is 13.9. The van der Waals surface area contributed by atoms with Crippen molar-refractivity contribution in [2.45, 2.75) is 32.5 Å². The summed E-state index contributed by atoms with van der Waals surface area (Å²) in [5.74, 6) is 0. The van der Waals surface area contributed by atoms with Crippen LogP contribution in [0, 0.1) is 6.92 Å². The largest absolute Gasteiger partial charge is 0.390 e. The average molecular weight is 316 g/mol. The van der Waals surface area contributed by atoms with Gasteiger partial charge in [0.2, 0.25) is 0 Å². The number of thiophene rings is 1. The highest BCUT2D eigenvalue weighted by Gasteiger charge is 2.18. The fourth-order valence-electron chi connectivity index (χ4n) is 3.01. The molecule has 0 spiro atoms. The molecule has 1 unspecified atom stereocenters. The molecule has 1 aromatic heterocycles. The van der Waals surface area contributed by atoms with Crippen LogP contribution in [0.5, 0.6) is 0 Å². The minimum absolute atomic E-state index is 0.314. The van der Waals surface area contributed by atoms with Gasteiger partial charge in [-0.3, -0.25) is 4.90 Å². The highest BCUT2D eigenvalue weighted by molar-refractivity contribution is 7.10. The predicted molar refractivity (Wildman–Crippen MR) is 92.2 cm³/mol. The molecule has 0 fully saturated rings. The maximum absolute atomic E-state index is 10.2. The van der Waals surface area contributed by atoms with Crippen molar-refractivity contribution in [2.75, 3.05) is 19.6 Å². The van der Waals surface area contributed by atoms with E-state index in [0.29, 0.717) is 6.54 Å².